The quantitative estimate of drug-likeness (QED) is 0.766. The first-order valence-corrected chi connectivity index (χ1v) is 4.44. The van der Waals surface area contributed by atoms with E-state index in [-0.39, 0.29) is 0 Å². The molecule has 0 aliphatic carbocycles. The van der Waals surface area contributed by atoms with Gasteiger partial charge in [-0.05, 0) is 34.1 Å². The second kappa shape index (κ2) is 3.30. The Kier molecular flexibility index (Phi) is 1.41. The molecule has 0 bridgehead atoms. The second-order valence-corrected chi connectivity index (χ2v) is 3.42. The van der Waals surface area contributed by atoms with E-state index in [4.69, 9.17) is 4.11 Å². The van der Waals surface area contributed by atoms with Gasteiger partial charge in [0.25, 0.3) is 0 Å². The van der Waals surface area contributed by atoms with Crippen molar-refractivity contribution in [3.63, 3.8) is 0 Å². The van der Waals surface area contributed by atoms with Crippen molar-refractivity contribution in [1.29, 1.82) is 0 Å². The Bertz CT molecular complexity index is 489. The molecule has 2 heterocycles. The Labute approximate surface area is 88.8 Å². The Morgan fingerprint density at radius 1 is 1.38 bits per heavy atom. The number of halogens is 1. The number of aromatic nitrogens is 3. The number of aryl methyl sites for hydroxylation is 1. The molecule has 4 heteroatoms. The van der Waals surface area contributed by atoms with Crippen molar-refractivity contribution in [3.05, 3.63) is 35.1 Å². The molecule has 0 saturated carbocycles. The van der Waals surface area contributed by atoms with Crippen LogP contribution in [0.5, 0.6) is 0 Å². The van der Waals surface area contributed by atoms with Crippen molar-refractivity contribution in [2.24, 2.45) is 6.98 Å². The van der Waals surface area contributed by atoms with E-state index in [1.807, 2.05) is 6.07 Å². The third kappa shape index (κ3) is 1.78. The van der Waals surface area contributed by atoms with Crippen molar-refractivity contribution < 1.29 is 4.11 Å². The van der Waals surface area contributed by atoms with E-state index in [1.54, 1.807) is 18.3 Å². The number of hydrogen-bond donors (Lipinski definition) is 0. The highest BCUT2D eigenvalue weighted by Gasteiger charge is 2.00. The van der Waals surface area contributed by atoms with E-state index in [2.05, 4.69) is 26.0 Å². The minimum atomic E-state index is -2.24. The lowest BCUT2D eigenvalue weighted by atomic mass is 10.3. The average molecular weight is 241 g/mol. The Balaban J connectivity index is 2.35. The molecule has 0 aliphatic heterocycles. The summed E-state index contributed by atoms with van der Waals surface area (Å²) < 4.78 is 23.4. The molecule has 2 aromatic rings. The van der Waals surface area contributed by atoms with Crippen molar-refractivity contribution in [2.75, 3.05) is 0 Å². The molecule has 0 spiro atoms. The van der Waals surface area contributed by atoms with Crippen molar-refractivity contribution in [1.82, 2.24) is 14.8 Å². The molecule has 2 aromatic heterocycles. The fraction of sp³-hybridized carbons (Fsp3) is 0.111. The van der Waals surface area contributed by atoms with Gasteiger partial charge in [-0.25, -0.2) is 0 Å². The Hall–Kier alpha value is -1.16. The number of pyridine rings is 1. The molecule has 0 fully saturated rings. The molecule has 2 rings (SSSR count). The van der Waals surface area contributed by atoms with Gasteiger partial charge in [0.1, 0.15) is 5.69 Å². The lowest BCUT2D eigenvalue weighted by Crippen LogP contribution is -1.89. The van der Waals surface area contributed by atoms with Gasteiger partial charge in [-0.3, -0.25) is 9.67 Å². The fourth-order valence-corrected chi connectivity index (χ4v) is 1.22. The van der Waals surface area contributed by atoms with Gasteiger partial charge >= 0.3 is 0 Å². The molecule has 0 atom stereocenters. The van der Waals surface area contributed by atoms with Crippen LogP contribution in [0.2, 0.25) is 0 Å². The van der Waals surface area contributed by atoms with Crippen LogP contribution < -0.4 is 0 Å². The van der Waals surface area contributed by atoms with Crippen LogP contribution in [0.1, 0.15) is 4.11 Å². The monoisotopic (exact) mass is 240 g/mol. The normalized spacial score (nSPS) is 14.7. The molecule has 0 radical (unpaired) electrons. The first-order valence-electron chi connectivity index (χ1n) is 5.15. The third-order valence-electron chi connectivity index (χ3n) is 1.58. The van der Waals surface area contributed by atoms with Gasteiger partial charge in [0.05, 0.1) is 5.69 Å². The van der Waals surface area contributed by atoms with Gasteiger partial charge < -0.3 is 0 Å². The molecular formula is C9H8BrN3. The van der Waals surface area contributed by atoms with Gasteiger partial charge in [-0.15, -0.1) is 0 Å². The second-order valence-electron chi connectivity index (χ2n) is 2.51. The maximum absolute atomic E-state index is 7.19. The molecule has 66 valence electrons. The Morgan fingerprint density at radius 2 is 2.31 bits per heavy atom. The third-order valence-corrected chi connectivity index (χ3v) is 2.05. The van der Waals surface area contributed by atoms with Gasteiger partial charge in [-0.2, -0.15) is 5.10 Å². The van der Waals surface area contributed by atoms with Crippen molar-refractivity contribution in [3.8, 4) is 11.4 Å². The first kappa shape index (κ1) is 5.54. The van der Waals surface area contributed by atoms with Crippen LogP contribution in [0, 0.1) is 0 Å². The highest BCUT2D eigenvalue weighted by molar-refractivity contribution is 9.10. The van der Waals surface area contributed by atoms with Crippen molar-refractivity contribution in [2.45, 2.75) is 0 Å². The van der Waals surface area contributed by atoms with Crippen LogP contribution >= 0.6 is 15.9 Å². The van der Waals surface area contributed by atoms with E-state index < -0.39 is 6.98 Å². The first-order chi connectivity index (χ1) is 7.47. The minimum absolute atomic E-state index is 0.545. The highest BCUT2D eigenvalue weighted by atomic mass is 79.9. The smallest absolute Gasteiger partial charge is 0.111 e. The zero-order valence-corrected chi connectivity index (χ0v) is 8.19. The van der Waals surface area contributed by atoms with Crippen LogP contribution in [-0.4, -0.2) is 14.8 Å². The molecule has 13 heavy (non-hydrogen) atoms. The molecule has 0 unspecified atom stereocenters. The summed E-state index contributed by atoms with van der Waals surface area (Å²) in [5.74, 6) is 0. The Morgan fingerprint density at radius 3 is 2.92 bits per heavy atom. The van der Waals surface area contributed by atoms with E-state index in [0.717, 1.165) is 9.15 Å². The average Bonchev–Trinajstić information content (AvgIpc) is 2.67. The molecule has 0 aromatic carbocycles. The maximum atomic E-state index is 7.19. The molecule has 0 N–H and O–H groups in total. The minimum Gasteiger partial charge on any atom is -0.275 e. The van der Waals surface area contributed by atoms with Crippen LogP contribution in [0.15, 0.2) is 35.1 Å². The van der Waals surface area contributed by atoms with E-state index in [9.17, 15) is 0 Å². The number of hydrogen-bond acceptors (Lipinski definition) is 2. The summed E-state index contributed by atoms with van der Waals surface area (Å²) in [6.07, 6.45) is 3.07. The lowest BCUT2D eigenvalue weighted by Gasteiger charge is -1.94. The van der Waals surface area contributed by atoms with Crippen LogP contribution in [0.25, 0.3) is 11.4 Å². The van der Waals surface area contributed by atoms with Crippen LogP contribution in [0.3, 0.4) is 0 Å². The zero-order valence-electron chi connectivity index (χ0n) is 9.61. The summed E-state index contributed by atoms with van der Waals surface area (Å²) >= 11 is 3.28. The number of nitrogens with zero attached hydrogens (tertiary/aromatic N) is 3. The standard InChI is InChI=1S/C9H8BrN3/c1-13-5-4-9(12-13)8-3-2-7(10)6-11-8/h2-6H,1H3/i1D3. The number of rotatable bonds is 1. The topological polar surface area (TPSA) is 30.7 Å². The molecular weight excluding hydrogens is 230 g/mol. The summed E-state index contributed by atoms with van der Waals surface area (Å²) in [4.78, 5) is 4.14. The van der Waals surface area contributed by atoms with Gasteiger partial charge in [-0.1, -0.05) is 0 Å². The van der Waals surface area contributed by atoms with Gasteiger partial charge in [0, 0.05) is 28.0 Å². The predicted molar refractivity (Wildman–Crippen MR) is 54.1 cm³/mol. The highest BCUT2D eigenvalue weighted by Crippen LogP contribution is 2.16. The summed E-state index contributed by atoms with van der Waals surface area (Å²) in [7, 11) is 0. The summed E-state index contributed by atoms with van der Waals surface area (Å²) in [6.45, 7) is -2.24. The molecule has 3 nitrogen and oxygen atoms in total. The summed E-state index contributed by atoms with van der Waals surface area (Å²) in [5.41, 5.74) is 1.19. The van der Waals surface area contributed by atoms with E-state index in [0.29, 0.717) is 11.4 Å². The lowest BCUT2D eigenvalue weighted by molar-refractivity contribution is 0.770. The molecule has 0 aliphatic rings. The largest absolute Gasteiger partial charge is 0.275 e. The zero-order chi connectivity index (χ0) is 11.8. The summed E-state index contributed by atoms with van der Waals surface area (Å²) in [5, 5.41) is 3.96. The van der Waals surface area contributed by atoms with Crippen LogP contribution in [0.4, 0.5) is 0 Å². The fourth-order valence-electron chi connectivity index (χ4n) is 0.988. The SMILES string of the molecule is [2H]C([2H])([2H])n1ccc(-c2ccc(Br)cn2)n1. The van der Waals surface area contributed by atoms with E-state index >= 15 is 0 Å². The van der Waals surface area contributed by atoms with Crippen molar-refractivity contribution >= 4 is 15.9 Å². The molecule has 0 saturated heterocycles. The van der Waals surface area contributed by atoms with E-state index in [1.165, 1.54) is 6.20 Å². The summed E-state index contributed by atoms with van der Waals surface area (Å²) in [6, 6.07) is 5.23. The molecule has 0 amide bonds. The predicted octanol–water partition coefficient (Wildman–Crippen LogP) is 2.24. The maximum Gasteiger partial charge on any atom is 0.111 e. The van der Waals surface area contributed by atoms with Gasteiger partial charge in [0.15, 0.2) is 0 Å². The van der Waals surface area contributed by atoms with Gasteiger partial charge in [0.2, 0.25) is 0 Å². The van der Waals surface area contributed by atoms with Crippen LogP contribution in [-0.2, 0) is 6.98 Å².